The van der Waals surface area contributed by atoms with E-state index in [4.69, 9.17) is 4.74 Å². The van der Waals surface area contributed by atoms with E-state index in [1.165, 1.54) is 0 Å². The first-order valence-electron chi connectivity index (χ1n) is 6.80. The summed E-state index contributed by atoms with van der Waals surface area (Å²) in [5.41, 5.74) is 2.05. The fourth-order valence-electron chi connectivity index (χ4n) is 2.45. The van der Waals surface area contributed by atoms with Gasteiger partial charge in [0.05, 0.1) is 11.0 Å². The number of aromatic amines is 1. The van der Waals surface area contributed by atoms with Gasteiger partial charge in [0, 0.05) is 17.0 Å². The monoisotopic (exact) mass is 289 g/mol. The zero-order chi connectivity index (χ0) is 14.9. The molecule has 4 rings (SSSR count). The van der Waals surface area contributed by atoms with E-state index in [1.807, 2.05) is 42.5 Å². The first-order valence-corrected chi connectivity index (χ1v) is 6.80. The fourth-order valence-corrected chi connectivity index (χ4v) is 2.45. The van der Waals surface area contributed by atoms with Crippen LogP contribution in [0, 0.1) is 0 Å². The van der Waals surface area contributed by atoms with Gasteiger partial charge in [0.2, 0.25) is 0 Å². The lowest BCUT2D eigenvalue weighted by Crippen LogP contribution is -1.88. The Morgan fingerprint density at radius 1 is 1.00 bits per heavy atom. The number of aromatic nitrogens is 3. The van der Waals surface area contributed by atoms with Crippen molar-refractivity contribution in [3.05, 3.63) is 60.4 Å². The van der Waals surface area contributed by atoms with E-state index in [2.05, 4.69) is 15.2 Å². The van der Waals surface area contributed by atoms with Crippen molar-refractivity contribution in [1.82, 2.24) is 15.2 Å². The topological polar surface area (TPSA) is 67.9 Å². The highest BCUT2D eigenvalue weighted by Crippen LogP contribution is 2.30. The van der Waals surface area contributed by atoms with Gasteiger partial charge in [0.15, 0.2) is 6.29 Å². The van der Waals surface area contributed by atoms with Crippen molar-refractivity contribution in [3.63, 3.8) is 0 Å². The molecule has 1 N–H and O–H groups in total. The smallest absolute Gasteiger partial charge is 0.168 e. The molecule has 4 aromatic rings. The van der Waals surface area contributed by atoms with Crippen LogP contribution in [0.4, 0.5) is 0 Å². The predicted molar refractivity (Wildman–Crippen MR) is 83.3 cm³/mol. The second-order valence-corrected chi connectivity index (χ2v) is 4.86. The maximum Gasteiger partial charge on any atom is 0.168 e. The number of ether oxygens (including phenoxy) is 1. The molecule has 5 nitrogen and oxygen atoms in total. The molecular weight excluding hydrogens is 278 g/mol. The molecule has 0 atom stereocenters. The van der Waals surface area contributed by atoms with Gasteiger partial charge < -0.3 is 4.74 Å². The standard InChI is InChI=1S/C17H11N3O2/c21-10-16-13-9-11(5-6-15(13)19-20-16)22-17-7-8-18-14-4-2-1-3-12(14)17/h1-10H,(H,19,20). The second-order valence-electron chi connectivity index (χ2n) is 4.86. The molecule has 22 heavy (non-hydrogen) atoms. The summed E-state index contributed by atoms with van der Waals surface area (Å²) >= 11 is 0. The Balaban J connectivity index is 1.80. The van der Waals surface area contributed by atoms with Crippen LogP contribution >= 0.6 is 0 Å². The number of pyridine rings is 1. The lowest BCUT2D eigenvalue weighted by Gasteiger charge is -2.08. The highest BCUT2D eigenvalue weighted by atomic mass is 16.5. The molecule has 0 unspecified atom stereocenters. The highest BCUT2D eigenvalue weighted by Gasteiger charge is 2.08. The molecule has 2 heterocycles. The number of fused-ring (bicyclic) bond motifs is 2. The molecule has 0 aliphatic heterocycles. The van der Waals surface area contributed by atoms with Gasteiger partial charge >= 0.3 is 0 Å². The molecule has 2 aromatic heterocycles. The summed E-state index contributed by atoms with van der Waals surface area (Å²) in [7, 11) is 0. The summed E-state index contributed by atoms with van der Waals surface area (Å²) in [6.07, 6.45) is 2.46. The van der Waals surface area contributed by atoms with Crippen molar-refractivity contribution in [2.45, 2.75) is 0 Å². The van der Waals surface area contributed by atoms with Crippen molar-refractivity contribution >= 4 is 28.1 Å². The molecule has 0 saturated heterocycles. The summed E-state index contributed by atoms with van der Waals surface area (Å²) in [6, 6.07) is 15.1. The van der Waals surface area contributed by atoms with Crippen LogP contribution in [0.15, 0.2) is 54.7 Å². The highest BCUT2D eigenvalue weighted by molar-refractivity contribution is 5.95. The minimum absolute atomic E-state index is 0.444. The molecule has 5 heteroatoms. The maximum absolute atomic E-state index is 11.0. The van der Waals surface area contributed by atoms with E-state index in [-0.39, 0.29) is 0 Å². The number of hydrogen-bond donors (Lipinski definition) is 1. The van der Waals surface area contributed by atoms with Crippen molar-refractivity contribution in [1.29, 1.82) is 0 Å². The number of nitrogens with one attached hydrogen (secondary N) is 1. The number of carbonyl (C=O) groups is 1. The van der Waals surface area contributed by atoms with E-state index >= 15 is 0 Å². The number of para-hydroxylation sites is 1. The van der Waals surface area contributed by atoms with Crippen molar-refractivity contribution in [3.8, 4) is 11.5 Å². The van der Waals surface area contributed by atoms with Crippen LogP contribution in [0.3, 0.4) is 0 Å². The molecule has 0 spiro atoms. The largest absolute Gasteiger partial charge is 0.457 e. The summed E-state index contributed by atoms with van der Waals surface area (Å²) in [4.78, 5) is 15.3. The SMILES string of the molecule is O=Cc1[nH]nc2ccc(Oc3ccnc4ccccc34)cc12. The van der Waals surface area contributed by atoms with E-state index in [9.17, 15) is 4.79 Å². The number of carbonyl (C=O) groups excluding carboxylic acids is 1. The van der Waals surface area contributed by atoms with Crippen LogP contribution in [-0.4, -0.2) is 21.5 Å². The summed E-state index contributed by atoms with van der Waals surface area (Å²) < 4.78 is 5.97. The van der Waals surface area contributed by atoms with Crippen LogP contribution in [0.25, 0.3) is 21.8 Å². The van der Waals surface area contributed by atoms with Gasteiger partial charge in [0.1, 0.15) is 17.2 Å². The number of H-pyrrole nitrogens is 1. The third-order valence-electron chi connectivity index (χ3n) is 3.51. The molecule has 2 aromatic carbocycles. The van der Waals surface area contributed by atoms with Gasteiger partial charge in [0.25, 0.3) is 0 Å². The quantitative estimate of drug-likeness (QED) is 0.584. The van der Waals surface area contributed by atoms with E-state index in [0.717, 1.165) is 33.8 Å². The Labute approximate surface area is 125 Å². The van der Waals surface area contributed by atoms with Crippen LogP contribution in [0.5, 0.6) is 11.5 Å². The molecular formula is C17H11N3O2. The van der Waals surface area contributed by atoms with Gasteiger partial charge in [-0.15, -0.1) is 0 Å². The van der Waals surface area contributed by atoms with Gasteiger partial charge in [-0.2, -0.15) is 5.10 Å². The zero-order valence-corrected chi connectivity index (χ0v) is 11.5. The van der Waals surface area contributed by atoms with Gasteiger partial charge in [-0.25, -0.2) is 0 Å². The fraction of sp³-hybridized carbons (Fsp3) is 0. The molecule has 0 saturated carbocycles. The predicted octanol–water partition coefficient (Wildman–Crippen LogP) is 3.72. The lowest BCUT2D eigenvalue weighted by molar-refractivity contribution is 0.112. The third-order valence-corrected chi connectivity index (χ3v) is 3.51. The molecule has 0 aliphatic rings. The number of benzene rings is 2. The maximum atomic E-state index is 11.0. The van der Waals surface area contributed by atoms with Gasteiger partial charge in [-0.05, 0) is 36.4 Å². The average Bonchev–Trinajstić information content (AvgIpc) is 2.97. The Hall–Kier alpha value is -3.21. The number of hydrogen-bond acceptors (Lipinski definition) is 4. The molecule has 0 fully saturated rings. The Morgan fingerprint density at radius 2 is 1.91 bits per heavy atom. The van der Waals surface area contributed by atoms with Crippen molar-refractivity contribution in [2.24, 2.45) is 0 Å². The van der Waals surface area contributed by atoms with E-state index < -0.39 is 0 Å². The molecule has 0 radical (unpaired) electrons. The molecule has 0 aliphatic carbocycles. The summed E-state index contributed by atoms with van der Waals surface area (Å²) in [6.45, 7) is 0. The lowest BCUT2D eigenvalue weighted by atomic mass is 10.2. The van der Waals surface area contributed by atoms with E-state index in [1.54, 1.807) is 12.3 Å². The second kappa shape index (κ2) is 4.96. The normalized spacial score (nSPS) is 10.9. The number of rotatable bonds is 3. The number of aldehydes is 1. The minimum Gasteiger partial charge on any atom is -0.457 e. The van der Waals surface area contributed by atoms with Crippen LogP contribution in [0.2, 0.25) is 0 Å². The van der Waals surface area contributed by atoms with Crippen LogP contribution < -0.4 is 4.74 Å². The first-order chi connectivity index (χ1) is 10.8. The average molecular weight is 289 g/mol. The van der Waals surface area contributed by atoms with Crippen molar-refractivity contribution < 1.29 is 9.53 Å². The Morgan fingerprint density at radius 3 is 2.82 bits per heavy atom. The van der Waals surface area contributed by atoms with E-state index in [0.29, 0.717) is 11.4 Å². The molecule has 0 amide bonds. The Bertz CT molecular complexity index is 986. The molecule has 106 valence electrons. The summed E-state index contributed by atoms with van der Waals surface area (Å²) in [5, 5.41) is 8.45. The van der Waals surface area contributed by atoms with Crippen LogP contribution in [-0.2, 0) is 0 Å². The third kappa shape index (κ3) is 2.00. The number of nitrogens with zero attached hydrogens (tertiary/aromatic N) is 2. The zero-order valence-electron chi connectivity index (χ0n) is 11.5. The minimum atomic E-state index is 0.444. The van der Waals surface area contributed by atoms with Crippen LogP contribution in [0.1, 0.15) is 10.5 Å². The molecule has 0 bridgehead atoms. The summed E-state index contributed by atoms with van der Waals surface area (Å²) in [5.74, 6) is 1.37. The Kier molecular flexibility index (Phi) is 2.83. The van der Waals surface area contributed by atoms with Crippen molar-refractivity contribution in [2.75, 3.05) is 0 Å². The first kappa shape index (κ1) is 12.5. The van der Waals surface area contributed by atoms with Gasteiger partial charge in [-0.3, -0.25) is 14.9 Å². The van der Waals surface area contributed by atoms with Gasteiger partial charge in [-0.1, -0.05) is 12.1 Å².